The molecule has 2 heterocycles. The molecule has 0 saturated carbocycles. The van der Waals surface area contributed by atoms with Gasteiger partial charge in [-0.05, 0) is 42.8 Å². The van der Waals surface area contributed by atoms with E-state index in [2.05, 4.69) is 31.3 Å². The zero-order chi connectivity index (χ0) is 20.2. The first-order valence-corrected chi connectivity index (χ1v) is 8.59. The second-order valence-corrected chi connectivity index (χ2v) is 7.53. The van der Waals surface area contributed by atoms with Gasteiger partial charge in [-0.2, -0.15) is 5.10 Å². The molecule has 2 aromatic rings. The Morgan fingerprint density at radius 2 is 2.15 bits per heavy atom. The standard InChI is InChI=1S/C16H18BrF2N5O3/c1-16(2,3)22-14(25)27-8-10(5-18)7-24-15(26)23(9-21-24)13-12(19)4-11(17)6-20-13/h4-6,9H,7-8H2,1-3H3,(H,22,25)/b10-5+. The van der Waals surface area contributed by atoms with Gasteiger partial charge in [0.1, 0.15) is 12.9 Å². The van der Waals surface area contributed by atoms with Gasteiger partial charge >= 0.3 is 11.8 Å². The van der Waals surface area contributed by atoms with Crippen LogP contribution in [0.25, 0.3) is 5.82 Å². The number of pyridine rings is 1. The van der Waals surface area contributed by atoms with Gasteiger partial charge in [0.2, 0.25) is 0 Å². The predicted octanol–water partition coefficient (Wildman–Crippen LogP) is 2.71. The molecule has 0 aromatic carbocycles. The van der Waals surface area contributed by atoms with Crippen molar-refractivity contribution in [1.82, 2.24) is 24.6 Å². The summed E-state index contributed by atoms with van der Waals surface area (Å²) < 4.78 is 34.2. The van der Waals surface area contributed by atoms with E-state index in [-0.39, 0.29) is 30.9 Å². The van der Waals surface area contributed by atoms with Crippen molar-refractivity contribution in [1.29, 1.82) is 0 Å². The average molecular weight is 446 g/mol. The first-order valence-electron chi connectivity index (χ1n) is 7.79. The Labute approximate surface area is 162 Å². The van der Waals surface area contributed by atoms with Gasteiger partial charge < -0.3 is 10.1 Å². The van der Waals surface area contributed by atoms with Gasteiger partial charge in [-0.15, -0.1) is 0 Å². The van der Waals surface area contributed by atoms with Crippen LogP contribution in [0.1, 0.15) is 20.8 Å². The summed E-state index contributed by atoms with van der Waals surface area (Å²) in [6.45, 7) is 4.65. The average Bonchev–Trinajstić information content (AvgIpc) is 2.90. The van der Waals surface area contributed by atoms with E-state index in [1.807, 2.05) is 0 Å². The van der Waals surface area contributed by atoms with Crippen molar-refractivity contribution in [3.63, 3.8) is 0 Å². The molecule has 0 atom stereocenters. The molecule has 1 N–H and O–H groups in total. The molecule has 0 spiro atoms. The van der Waals surface area contributed by atoms with Crippen LogP contribution in [-0.2, 0) is 11.3 Å². The summed E-state index contributed by atoms with van der Waals surface area (Å²) in [6.07, 6.45) is 1.91. The lowest BCUT2D eigenvalue weighted by molar-refractivity contribution is 0.145. The van der Waals surface area contributed by atoms with Crippen LogP contribution in [0.4, 0.5) is 13.6 Å². The monoisotopic (exact) mass is 445 g/mol. The van der Waals surface area contributed by atoms with Gasteiger partial charge in [0.25, 0.3) is 0 Å². The zero-order valence-electron chi connectivity index (χ0n) is 14.9. The Balaban J connectivity index is 2.10. The molecule has 1 amide bonds. The van der Waals surface area contributed by atoms with E-state index in [0.717, 1.165) is 21.6 Å². The molecule has 27 heavy (non-hydrogen) atoms. The Kier molecular flexibility index (Phi) is 6.47. The molecular weight excluding hydrogens is 428 g/mol. The van der Waals surface area contributed by atoms with Crippen molar-refractivity contribution in [2.45, 2.75) is 32.9 Å². The normalized spacial score (nSPS) is 12.1. The van der Waals surface area contributed by atoms with Crippen LogP contribution in [0.3, 0.4) is 0 Å². The summed E-state index contributed by atoms with van der Waals surface area (Å²) in [5, 5.41) is 6.37. The molecule has 0 fully saturated rings. The van der Waals surface area contributed by atoms with Gasteiger partial charge in [0.05, 0.1) is 12.9 Å². The SMILES string of the molecule is CC(C)(C)NC(=O)OC/C(=C/F)Cn1ncn(-c2ncc(Br)cc2F)c1=O. The third-order valence-corrected chi connectivity index (χ3v) is 3.56. The van der Waals surface area contributed by atoms with E-state index >= 15 is 0 Å². The molecule has 0 bridgehead atoms. The molecule has 11 heteroatoms. The van der Waals surface area contributed by atoms with Gasteiger partial charge in [0, 0.05) is 21.8 Å². The molecule has 2 aromatic heterocycles. The molecule has 0 aliphatic rings. The van der Waals surface area contributed by atoms with Crippen LogP contribution >= 0.6 is 15.9 Å². The highest BCUT2D eigenvalue weighted by Gasteiger charge is 2.17. The highest BCUT2D eigenvalue weighted by atomic mass is 79.9. The van der Waals surface area contributed by atoms with Crippen LogP contribution in [-0.4, -0.2) is 37.6 Å². The molecule has 0 saturated heterocycles. The maximum Gasteiger partial charge on any atom is 0.407 e. The van der Waals surface area contributed by atoms with E-state index < -0.39 is 23.1 Å². The third kappa shape index (κ3) is 5.71. The Bertz CT molecular complexity index is 918. The van der Waals surface area contributed by atoms with Gasteiger partial charge in [0.15, 0.2) is 11.6 Å². The lowest BCUT2D eigenvalue weighted by atomic mass is 10.1. The van der Waals surface area contributed by atoms with Crippen molar-refractivity contribution in [2.75, 3.05) is 6.61 Å². The fraction of sp³-hybridized carbons (Fsp3) is 0.375. The molecule has 0 unspecified atom stereocenters. The fourth-order valence-electron chi connectivity index (χ4n) is 1.98. The van der Waals surface area contributed by atoms with E-state index in [1.165, 1.54) is 6.20 Å². The smallest absolute Gasteiger partial charge is 0.407 e. The summed E-state index contributed by atoms with van der Waals surface area (Å²) in [5.41, 5.74) is -1.23. The first-order chi connectivity index (χ1) is 12.6. The third-order valence-electron chi connectivity index (χ3n) is 3.12. The summed E-state index contributed by atoms with van der Waals surface area (Å²) in [6, 6.07) is 1.15. The van der Waals surface area contributed by atoms with Gasteiger partial charge in [-0.25, -0.2) is 32.6 Å². The van der Waals surface area contributed by atoms with E-state index in [0.29, 0.717) is 4.47 Å². The van der Waals surface area contributed by atoms with Crippen LogP contribution < -0.4 is 11.0 Å². The highest BCUT2D eigenvalue weighted by Crippen LogP contribution is 2.14. The molecule has 8 nitrogen and oxygen atoms in total. The van der Waals surface area contributed by atoms with E-state index in [9.17, 15) is 18.4 Å². The lowest BCUT2D eigenvalue weighted by Crippen LogP contribution is -2.41. The largest absolute Gasteiger partial charge is 0.445 e. The molecule has 2 rings (SSSR count). The fourth-order valence-corrected chi connectivity index (χ4v) is 2.28. The number of halogens is 3. The molecule has 0 aliphatic carbocycles. The van der Waals surface area contributed by atoms with Crippen LogP contribution in [0.15, 0.2) is 39.8 Å². The van der Waals surface area contributed by atoms with Crippen LogP contribution in [0, 0.1) is 5.82 Å². The molecule has 146 valence electrons. The maximum absolute atomic E-state index is 14.0. The van der Waals surface area contributed by atoms with Crippen molar-refractivity contribution in [2.24, 2.45) is 0 Å². The number of aromatic nitrogens is 4. The predicted molar refractivity (Wildman–Crippen MR) is 96.7 cm³/mol. The quantitative estimate of drug-likeness (QED) is 0.763. The number of carbonyl (C=O) groups excluding carboxylic acids is 1. The lowest BCUT2D eigenvalue weighted by Gasteiger charge is -2.20. The van der Waals surface area contributed by atoms with Crippen molar-refractivity contribution in [3.05, 3.63) is 51.3 Å². The Morgan fingerprint density at radius 3 is 2.74 bits per heavy atom. The summed E-state index contributed by atoms with van der Waals surface area (Å²) in [4.78, 5) is 27.8. The zero-order valence-corrected chi connectivity index (χ0v) is 16.5. The first kappa shape index (κ1) is 20.7. The van der Waals surface area contributed by atoms with Gasteiger partial charge in [-0.3, -0.25) is 0 Å². The Hall–Kier alpha value is -2.56. The van der Waals surface area contributed by atoms with Gasteiger partial charge in [-0.1, -0.05) is 0 Å². The van der Waals surface area contributed by atoms with Crippen molar-refractivity contribution < 1.29 is 18.3 Å². The van der Waals surface area contributed by atoms with Crippen LogP contribution in [0.2, 0.25) is 0 Å². The van der Waals surface area contributed by atoms with Crippen LogP contribution in [0.5, 0.6) is 0 Å². The number of amides is 1. The molecule has 0 aliphatic heterocycles. The number of nitrogens with one attached hydrogen (secondary N) is 1. The van der Waals surface area contributed by atoms with Crippen molar-refractivity contribution in [3.8, 4) is 5.82 Å². The number of alkyl carbamates (subject to hydrolysis) is 1. The topological polar surface area (TPSA) is 91.0 Å². The van der Waals surface area contributed by atoms with E-state index in [4.69, 9.17) is 4.74 Å². The second kappa shape index (κ2) is 8.42. The maximum atomic E-state index is 14.0. The number of carbonyl (C=O) groups is 1. The number of hydrogen-bond donors (Lipinski definition) is 1. The summed E-state index contributed by atoms with van der Waals surface area (Å²) >= 11 is 3.08. The minimum Gasteiger partial charge on any atom is -0.445 e. The molecule has 0 radical (unpaired) electrons. The Morgan fingerprint density at radius 1 is 1.44 bits per heavy atom. The highest BCUT2D eigenvalue weighted by molar-refractivity contribution is 9.10. The minimum absolute atomic E-state index is 0.00403. The second-order valence-electron chi connectivity index (χ2n) is 6.62. The molecular formula is C16H18BrF2N5O3. The number of nitrogens with zero attached hydrogens (tertiary/aromatic N) is 4. The number of hydrogen-bond acceptors (Lipinski definition) is 5. The van der Waals surface area contributed by atoms with Crippen molar-refractivity contribution >= 4 is 22.0 Å². The summed E-state index contributed by atoms with van der Waals surface area (Å²) in [5.74, 6) is -0.963. The number of ether oxygens (including phenoxy) is 1. The summed E-state index contributed by atoms with van der Waals surface area (Å²) in [7, 11) is 0. The number of rotatable bonds is 5. The van der Waals surface area contributed by atoms with E-state index in [1.54, 1.807) is 20.8 Å². The minimum atomic E-state index is -0.727.